The summed E-state index contributed by atoms with van der Waals surface area (Å²) < 4.78 is 36.1. The molecule has 0 fully saturated rings. The Hall–Kier alpha value is -1.37. The third-order valence-electron chi connectivity index (χ3n) is 2.94. The first kappa shape index (κ1) is 16.0. The van der Waals surface area contributed by atoms with Crippen LogP contribution in [0.25, 0.3) is 0 Å². The quantitative estimate of drug-likeness (QED) is 0.936. The van der Waals surface area contributed by atoms with Crippen molar-refractivity contribution in [1.29, 1.82) is 0 Å². The van der Waals surface area contributed by atoms with Crippen molar-refractivity contribution in [2.45, 2.75) is 27.7 Å². The van der Waals surface area contributed by atoms with E-state index in [4.69, 9.17) is 5.73 Å². The highest BCUT2D eigenvalue weighted by Crippen LogP contribution is 2.33. The molecule has 0 spiro atoms. The van der Waals surface area contributed by atoms with Gasteiger partial charge in [-0.15, -0.1) is 0 Å². The van der Waals surface area contributed by atoms with Gasteiger partial charge >= 0.3 is 0 Å². The molecule has 0 aromatic heterocycles. The fraction of sp³-hybridized carbons (Fsp3) is 0.200. The predicted octanol–water partition coefficient (Wildman–Crippen LogP) is 3.40. The van der Waals surface area contributed by atoms with Crippen molar-refractivity contribution < 1.29 is 12.8 Å². The van der Waals surface area contributed by atoms with Gasteiger partial charge in [-0.1, -0.05) is 11.8 Å². The van der Waals surface area contributed by atoms with Crippen LogP contribution in [0.4, 0.5) is 4.39 Å². The van der Waals surface area contributed by atoms with E-state index >= 15 is 0 Å². The molecule has 2 rings (SSSR count). The second-order valence-electron chi connectivity index (χ2n) is 4.82. The van der Waals surface area contributed by atoms with Crippen molar-refractivity contribution in [1.82, 2.24) is 0 Å². The summed E-state index contributed by atoms with van der Waals surface area (Å²) >= 11 is 1.43. The monoisotopic (exact) mass is 325 g/mol. The van der Waals surface area contributed by atoms with E-state index in [1.165, 1.54) is 30.2 Å². The maximum absolute atomic E-state index is 13.3. The average Bonchev–Trinajstić information content (AvgIpc) is 2.40. The van der Waals surface area contributed by atoms with Crippen molar-refractivity contribution in [2.24, 2.45) is 5.73 Å². The Morgan fingerprint density at radius 3 is 2.29 bits per heavy atom. The summed E-state index contributed by atoms with van der Waals surface area (Å²) in [6, 6.07) is 10.8. The molecule has 2 aromatic carbocycles. The van der Waals surface area contributed by atoms with Crippen LogP contribution in [0.15, 0.2) is 57.2 Å². The zero-order valence-corrected chi connectivity index (χ0v) is 13.3. The molecule has 0 heterocycles. The Balaban J connectivity index is 2.30. The van der Waals surface area contributed by atoms with Crippen LogP contribution in [0.3, 0.4) is 0 Å². The molecule has 0 radical (unpaired) electrons. The number of rotatable bonds is 4. The second-order valence-corrected chi connectivity index (χ2v) is 7.95. The highest BCUT2D eigenvalue weighted by Gasteiger charge is 2.11. The molecule has 2 N–H and O–H groups in total. The van der Waals surface area contributed by atoms with Crippen molar-refractivity contribution in [3.63, 3.8) is 0 Å². The first-order valence-corrected chi connectivity index (χ1v) is 9.01. The number of sulfone groups is 1. The molecule has 0 aliphatic rings. The van der Waals surface area contributed by atoms with Gasteiger partial charge in [0.25, 0.3) is 0 Å². The van der Waals surface area contributed by atoms with Crippen LogP contribution in [0.2, 0.25) is 0 Å². The Morgan fingerprint density at radius 2 is 1.76 bits per heavy atom. The highest BCUT2D eigenvalue weighted by molar-refractivity contribution is 7.99. The van der Waals surface area contributed by atoms with E-state index in [9.17, 15) is 12.8 Å². The standard InChI is InChI=1S/C15H16FNO2S2/c1-10(17)14-9-11(16)3-8-15(14)20-12-4-6-13(7-5-12)21(2,18)19/h3-10H,17H2,1-2H3/t10-/m1/s1. The zero-order chi connectivity index (χ0) is 15.6. The van der Waals surface area contributed by atoms with Crippen LogP contribution in [-0.2, 0) is 9.84 Å². The molecule has 0 unspecified atom stereocenters. The molecule has 0 saturated heterocycles. The normalized spacial score (nSPS) is 13.1. The number of hydrogen-bond acceptors (Lipinski definition) is 4. The summed E-state index contributed by atoms with van der Waals surface area (Å²) in [7, 11) is -3.20. The fourth-order valence-electron chi connectivity index (χ4n) is 1.85. The van der Waals surface area contributed by atoms with E-state index in [1.54, 1.807) is 37.3 Å². The second kappa shape index (κ2) is 6.17. The zero-order valence-electron chi connectivity index (χ0n) is 11.7. The van der Waals surface area contributed by atoms with E-state index in [-0.39, 0.29) is 16.8 Å². The van der Waals surface area contributed by atoms with Crippen LogP contribution in [0.1, 0.15) is 18.5 Å². The van der Waals surface area contributed by atoms with Crippen LogP contribution in [-0.4, -0.2) is 14.7 Å². The Morgan fingerprint density at radius 1 is 1.14 bits per heavy atom. The lowest BCUT2D eigenvalue weighted by Gasteiger charge is -2.12. The summed E-state index contributed by atoms with van der Waals surface area (Å²) in [5.74, 6) is -0.320. The minimum Gasteiger partial charge on any atom is -0.324 e. The van der Waals surface area contributed by atoms with Gasteiger partial charge in [0.2, 0.25) is 0 Å². The lowest BCUT2D eigenvalue weighted by molar-refractivity contribution is 0.602. The van der Waals surface area contributed by atoms with Gasteiger partial charge in [-0.2, -0.15) is 0 Å². The largest absolute Gasteiger partial charge is 0.324 e. The van der Waals surface area contributed by atoms with Gasteiger partial charge in [-0.05, 0) is 55.0 Å². The van der Waals surface area contributed by atoms with Crippen LogP contribution in [0.5, 0.6) is 0 Å². The van der Waals surface area contributed by atoms with Crippen molar-refractivity contribution in [3.8, 4) is 0 Å². The van der Waals surface area contributed by atoms with Crippen molar-refractivity contribution in [3.05, 3.63) is 53.8 Å². The molecule has 0 aliphatic heterocycles. The molecule has 0 aliphatic carbocycles. The smallest absolute Gasteiger partial charge is 0.175 e. The summed E-state index contributed by atoms with van der Waals surface area (Å²) in [6.07, 6.45) is 1.17. The van der Waals surface area contributed by atoms with Gasteiger partial charge in [0, 0.05) is 22.1 Å². The average molecular weight is 325 g/mol. The lowest BCUT2D eigenvalue weighted by Crippen LogP contribution is -2.06. The Kier molecular flexibility index (Phi) is 4.70. The maximum Gasteiger partial charge on any atom is 0.175 e. The SMILES string of the molecule is C[C@@H](N)c1cc(F)ccc1Sc1ccc(S(C)(=O)=O)cc1. The molecular weight excluding hydrogens is 309 g/mol. The third-order valence-corrected chi connectivity index (χ3v) is 5.17. The number of benzene rings is 2. The minimum absolute atomic E-state index is 0.276. The van der Waals surface area contributed by atoms with Crippen molar-refractivity contribution >= 4 is 21.6 Å². The topological polar surface area (TPSA) is 60.2 Å². The predicted molar refractivity (Wildman–Crippen MR) is 82.7 cm³/mol. The molecule has 112 valence electrons. The van der Waals surface area contributed by atoms with E-state index in [2.05, 4.69) is 0 Å². The molecule has 21 heavy (non-hydrogen) atoms. The van der Waals surface area contributed by atoms with Crippen LogP contribution in [0, 0.1) is 5.82 Å². The van der Waals surface area contributed by atoms with Crippen LogP contribution < -0.4 is 5.73 Å². The Labute approximate surface area is 128 Å². The first-order chi connectivity index (χ1) is 9.77. The number of halogens is 1. The van der Waals surface area contributed by atoms with E-state index < -0.39 is 9.84 Å². The molecule has 0 saturated carbocycles. The van der Waals surface area contributed by atoms with Gasteiger partial charge in [-0.25, -0.2) is 12.8 Å². The molecular formula is C15H16FNO2S2. The summed E-state index contributed by atoms with van der Waals surface area (Å²) in [4.78, 5) is 2.01. The number of hydrogen-bond donors (Lipinski definition) is 1. The van der Waals surface area contributed by atoms with Gasteiger partial charge in [0.1, 0.15) is 5.82 Å². The molecule has 6 heteroatoms. The Bertz CT molecular complexity index is 741. The summed E-state index contributed by atoms with van der Waals surface area (Å²) in [5.41, 5.74) is 6.59. The molecule has 1 atom stereocenters. The minimum atomic E-state index is -3.20. The lowest BCUT2D eigenvalue weighted by atomic mass is 10.1. The molecule has 2 aromatic rings. The van der Waals surface area contributed by atoms with Crippen LogP contribution >= 0.6 is 11.8 Å². The molecule has 3 nitrogen and oxygen atoms in total. The van der Waals surface area contributed by atoms with Gasteiger partial charge in [0.15, 0.2) is 9.84 Å². The van der Waals surface area contributed by atoms with Crippen molar-refractivity contribution in [2.75, 3.05) is 6.26 Å². The van der Waals surface area contributed by atoms with E-state index in [1.807, 2.05) is 0 Å². The molecule has 0 bridgehead atoms. The summed E-state index contributed by atoms with van der Waals surface area (Å²) in [6.45, 7) is 1.80. The van der Waals surface area contributed by atoms with Gasteiger partial charge < -0.3 is 5.73 Å². The number of nitrogens with two attached hydrogens (primary N) is 1. The van der Waals surface area contributed by atoms with E-state index in [0.717, 1.165) is 15.4 Å². The molecule has 0 amide bonds. The summed E-state index contributed by atoms with van der Waals surface area (Å²) in [5, 5.41) is 0. The van der Waals surface area contributed by atoms with E-state index in [0.29, 0.717) is 0 Å². The third kappa shape index (κ3) is 4.06. The van der Waals surface area contributed by atoms with Gasteiger partial charge in [0.05, 0.1) is 4.90 Å². The maximum atomic E-state index is 13.3. The fourth-order valence-corrected chi connectivity index (χ4v) is 3.51. The first-order valence-electron chi connectivity index (χ1n) is 6.30. The van der Waals surface area contributed by atoms with Gasteiger partial charge in [-0.3, -0.25) is 0 Å². The highest BCUT2D eigenvalue weighted by atomic mass is 32.2.